The number of pyridine rings is 1. The van der Waals surface area contributed by atoms with Crippen molar-refractivity contribution in [3.63, 3.8) is 0 Å². The second-order valence-corrected chi connectivity index (χ2v) is 4.71. The SMILES string of the molecule is CC(=O)Nc1ccc2oc(-c3ccnc(C(=O)O)c3F)nc2c1. The molecule has 0 bridgehead atoms. The fraction of sp³-hybridized carbons (Fsp3) is 0.0667. The normalized spacial score (nSPS) is 10.7. The molecular weight excluding hydrogens is 305 g/mol. The topological polar surface area (TPSA) is 105 Å². The van der Waals surface area contributed by atoms with Crippen LogP contribution in [0.1, 0.15) is 17.4 Å². The summed E-state index contributed by atoms with van der Waals surface area (Å²) in [5.74, 6) is -2.80. The summed E-state index contributed by atoms with van der Waals surface area (Å²) in [7, 11) is 0. The zero-order valence-corrected chi connectivity index (χ0v) is 11.8. The van der Waals surface area contributed by atoms with E-state index in [9.17, 15) is 14.0 Å². The lowest BCUT2D eigenvalue weighted by molar-refractivity contribution is -0.114. The zero-order valence-electron chi connectivity index (χ0n) is 11.8. The lowest BCUT2D eigenvalue weighted by Gasteiger charge is -2.00. The monoisotopic (exact) mass is 315 g/mol. The minimum atomic E-state index is -1.48. The van der Waals surface area contributed by atoms with Crippen LogP contribution in [0.5, 0.6) is 0 Å². The Hall–Kier alpha value is -3.29. The van der Waals surface area contributed by atoms with Gasteiger partial charge >= 0.3 is 5.97 Å². The molecule has 0 unspecified atom stereocenters. The van der Waals surface area contributed by atoms with Crippen LogP contribution in [0.25, 0.3) is 22.6 Å². The predicted molar refractivity (Wildman–Crippen MR) is 78.5 cm³/mol. The summed E-state index contributed by atoms with van der Waals surface area (Å²) in [6.07, 6.45) is 1.17. The maximum Gasteiger partial charge on any atom is 0.357 e. The van der Waals surface area contributed by atoms with E-state index in [4.69, 9.17) is 9.52 Å². The summed E-state index contributed by atoms with van der Waals surface area (Å²) in [6.45, 7) is 1.37. The highest BCUT2D eigenvalue weighted by molar-refractivity contribution is 5.91. The predicted octanol–water partition coefficient (Wildman–Crippen LogP) is 2.69. The third-order valence-electron chi connectivity index (χ3n) is 3.03. The number of nitrogens with one attached hydrogen (secondary N) is 1. The van der Waals surface area contributed by atoms with Gasteiger partial charge in [-0.1, -0.05) is 0 Å². The Balaban J connectivity index is 2.09. The third kappa shape index (κ3) is 2.73. The van der Waals surface area contributed by atoms with Crippen molar-refractivity contribution in [3.05, 3.63) is 42.0 Å². The van der Waals surface area contributed by atoms with Crippen LogP contribution in [0.4, 0.5) is 10.1 Å². The minimum Gasteiger partial charge on any atom is -0.476 e. The van der Waals surface area contributed by atoms with Gasteiger partial charge in [0, 0.05) is 18.8 Å². The number of rotatable bonds is 3. The van der Waals surface area contributed by atoms with E-state index in [-0.39, 0.29) is 17.4 Å². The first kappa shape index (κ1) is 14.6. The van der Waals surface area contributed by atoms with Crippen LogP contribution in [0.2, 0.25) is 0 Å². The maximum atomic E-state index is 14.2. The number of halogens is 1. The second kappa shape index (κ2) is 5.48. The molecular formula is C15H10FN3O4. The Morgan fingerprint density at radius 1 is 1.30 bits per heavy atom. The van der Waals surface area contributed by atoms with E-state index in [1.54, 1.807) is 18.2 Å². The van der Waals surface area contributed by atoms with Crippen molar-refractivity contribution < 1.29 is 23.5 Å². The molecule has 2 aromatic heterocycles. The van der Waals surface area contributed by atoms with Gasteiger partial charge in [-0.05, 0) is 24.3 Å². The first-order valence-electron chi connectivity index (χ1n) is 6.52. The van der Waals surface area contributed by atoms with Crippen molar-refractivity contribution in [3.8, 4) is 11.5 Å². The fourth-order valence-corrected chi connectivity index (χ4v) is 2.08. The summed E-state index contributed by atoms with van der Waals surface area (Å²) in [4.78, 5) is 29.6. The van der Waals surface area contributed by atoms with Crippen molar-refractivity contribution >= 4 is 28.7 Å². The third-order valence-corrected chi connectivity index (χ3v) is 3.03. The van der Waals surface area contributed by atoms with Crippen LogP contribution in [0.3, 0.4) is 0 Å². The summed E-state index contributed by atoms with van der Waals surface area (Å²) >= 11 is 0. The standard InChI is InChI=1S/C15H10FN3O4/c1-7(20)18-8-2-3-11-10(6-8)19-14(23-11)9-4-5-17-13(12(9)16)15(21)22/h2-6H,1H3,(H,18,20)(H,21,22). The molecule has 1 amide bonds. The van der Waals surface area contributed by atoms with E-state index in [2.05, 4.69) is 15.3 Å². The molecule has 3 rings (SSSR count). The molecule has 0 aliphatic rings. The van der Waals surface area contributed by atoms with Crippen LogP contribution < -0.4 is 5.32 Å². The van der Waals surface area contributed by atoms with Crippen LogP contribution >= 0.6 is 0 Å². The Kier molecular flexibility index (Phi) is 3.49. The Bertz CT molecular complexity index is 936. The number of nitrogens with zero attached hydrogens (tertiary/aromatic N) is 2. The lowest BCUT2D eigenvalue weighted by Crippen LogP contribution is -2.05. The minimum absolute atomic E-state index is 0.0672. The number of hydrogen-bond acceptors (Lipinski definition) is 5. The highest BCUT2D eigenvalue weighted by atomic mass is 19.1. The van der Waals surface area contributed by atoms with Gasteiger partial charge < -0.3 is 14.8 Å². The van der Waals surface area contributed by atoms with E-state index in [0.717, 1.165) is 0 Å². The van der Waals surface area contributed by atoms with E-state index >= 15 is 0 Å². The number of carboxylic acids is 1. The Morgan fingerprint density at radius 2 is 2.09 bits per heavy atom. The molecule has 0 fully saturated rings. The van der Waals surface area contributed by atoms with Gasteiger partial charge in [0.15, 0.2) is 17.1 Å². The average molecular weight is 315 g/mol. The van der Waals surface area contributed by atoms with Gasteiger partial charge in [0.1, 0.15) is 5.52 Å². The molecule has 0 aliphatic heterocycles. The molecule has 8 heteroatoms. The molecule has 2 N–H and O–H groups in total. The highest BCUT2D eigenvalue weighted by Gasteiger charge is 2.20. The molecule has 0 saturated heterocycles. The lowest BCUT2D eigenvalue weighted by atomic mass is 10.2. The molecule has 0 radical (unpaired) electrons. The molecule has 7 nitrogen and oxygen atoms in total. The molecule has 0 spiro atoms. The summed E-state index contributed by atoms with van der Waals surface area (Å²) in [6, 6.07) is 6.04. The molecule has 0 aliphatic carbocycles. The number of amides is 1. The van der Waals surface area contributed by atoms with Crippen molar-refractivity contribution in [2.45, 2.75) is 6.92 Å². The number of benzene rings is 1. The molecule has 23 heavy (non-hydrogen) atoms. The van der Waals surface area contributed by atoms with Gasteiger partial charge in [-0.3, -0.25) is 4.79 Å². The number of fused-ring (bicyclic) bond motifs is 1. The highest BCUT2D eigenvalue weighted by Crippen LogP contribution is 2.28. The largest absolute Gasteiger partial charge is 0.476 e. The first-order valence-corrected chi connectivity index (χ1v) is 6.52. The van der Waals surface area contributed by atoms with Crippen molar-refractivity contribution in [2.75, 3.05) is 5.32 Å². The van der Waals surface area contributed by atoms with E-state index in [0.29, 0.717) is 16.8 Å². The number of anilines is 1. The molecule has 0 atom stereocenters. The maximum absolute atomic E-state index is 14.2. The van der Waals surface area contributed by atoms with Gasteiger partial charge in [0.25, 0.3) is 0 Å². The average Bonchev–Trinajstić information content (AvgIpc) is 2.89. The number of oxazole rings is 1. The van der Waals surface area contributed by atoms with Crippen molar-refractivity contribution in [1.29, 1.82) is 0 Å². The van der Waals surface area contributed by atoms with Gasteiger partial charge in [-0.15, -0.1) is 0 Å². The second-order valence-electron chi connectivity index (χ2n) is 4.71. The van der Waals surface area contributed by atoms with Gasteiger partial charge in [-0.2, -0.15) is 0 Å². The number of carbonyl (C=O) groups excluding carboxylic acids is 1. The number of carboxylic acid groups (broad SMARTS) is 1. The summed E-state index contributed by atoms with van der Waals surface area (Å²) in [5.41, 5.74) is 0.492. The number of aromatic nitrogens is 2. The number of carbonyl (C=O) groups is 2. The molecule has 3 aromatic rings. The fourth-order valence-electron chi connectivity index (χ4n) is 2.08. The van der Waals surface area contributed by atoms with Crippen molar-refractivity contribution in [2.24, 2.45) is 0 Å². The summed E-state index contributed by atoms with van der Waals surface area (Å²) < 4.78 is 19.6. The molecule has 2 heterocycles. The molecule has 1 aromatic carbocycles. The quantitative estimate of drug-likeness (QED) is 0.770. The van der Waals surface area contributed by atoms with Crippen LogP contribution in [0.15, 0.2) is 34.9 Å². The summed E-state index contributed by atoms with van der Waals surface area (Å²) in [5, 5.41) is 11.5. The Morgan fingerprint density at radius 3 is 2.78 bits per heavy atom. The van der Waals surface area contributed by atoms with Crippen LogP contribution in [-0.4, -0.2) is 27.0 Å². The molecule has 116 valence electrons. The number of aromatic carboxylic acids is 1. The first-order chi connectivity index (χ1) is 11.0. The van der Waals surface area contributed by atoms with Gasteiger partial charge in [0.2, 0.25) is 11.8 Å². The van der Waals surface area contributed by atoms with E-state index in [1.807, 2.05) is 0 Å². The Labute approximate surface area is 128 Å². The van der Waals surface area contributed by atoms with Gasteiger partial charge in [-0.25, -0.2) is 19.2 Å². The van der Waals surface area contributed by atoms with Crippen molar-refractivity contribution in [1.82, 2.24) is 9.97 Å². The van der Waals surface area contributed by atoms with Crippen LogP contribution in [-0.2, 0) is 4.79 Å². The van der Waals surface area contributed by atoms with Gasteiger partial charge in [0.05, 0.1) is 5.56 Å². The van der Waals surface area contributed by atoms with E-state index in [1.165, 1.54) is 19.2 Å². The smallest absolute Gasteiger partial charge is 0.357 e. The number of hydrogen-bond donors (Lipinski definition) is 2. The zero-order chi connectivity index (χ0) is 16.6. The van der Waals surface area contributed by atoms with Crippen LogP contribution in [0, 0.1) is 5.82 Å². The molecule has 0 saturated carbocycles. The van der Waals surface area contributed by atoms with E-state index < -0.39 is 17.5 Å².